The fourth-order valence-electron chi connectivity index (χ4n) is 2.37. The lowest BCUT2D eigenvalue weighted by molar-refractivity contribution is -0.271. The van der Waals surface area contributed by atoms with Crippen LogP contribution in [0.1, 0.15) is 57.8 Å². The Morgan fingerprint density at radius 1 is 1.08 bits per heavy atom. The van der Waals surface area contributed by atoms with Gasteiger partial charge in [-0.1, -0.05) is 19.3 Å². The van der Waals surface area contributed by atoms with E-state index in [1.54, 1.807) is 0 Å². The van der Waals surface area contributed by atoms with Crippen LogP contribution in [0.15, 0.2) is 0 Å². The average Bonchev–Trinajstić information content (AvgIpc) is 2.56. The molecule has 0 aliphatic carbocycles. The molecule has 1 aliphatic heterocycles. The van der Waals surface area contributed by atoms with E-state index in [1.165, 1.54) is 0 Å². The number of hydrogen-bond donors (Lipinski definition) is 2. The molecule has 0 saturated carbocycles. The van der Waals surface area contributed by atoms with Gasteiger partial charge in [0, 0.05) is 6.42 Å². The number of aliphatic hydroxyl groups is 1. The summed E-state index contributed by atoms with van der Waals surface area (Å²) in [4.78, 5) is 65.7. The van der Waals surface area contributed by atoms with E-state index in [4.69, 9.17) is 9.84 Å². The van der Waals surface area contributed by atoms with Gasteiger partial charge in [0.2, 0.25) is 0 Å². The summed E-state index contributed by atoms with van der Waals surface area (Å²) in [5.41, 5.74) is -2.63. The Hall–Kier alpha value is -2.49. The fraction of sp³-hybridized carbons (Fsp3) is 0.688. The highest BCUT2D eigenvalue weighted by Gasteiger charge is 2.43. The molecule has 26 heavy (non-hydrogen) atoms. The van der Waals surface area contributed by atoms with Crippen molar-refractivity contribution < 1.29 is 48.7 Å². The topological polar surface area (TPSA) is 154 Å². The van der Waals surface area contributed by atoms with Crippen molar-refractivity contribution in [3.05, 3.63) is 0 Å². The number of aldehydes is 1. The summed E-state index contributed by atoms with van der Waals surface area (Å²) in [5, 5.41) is 19.3. The number of aliphatic carboxylic acids is 1. The molecule has 2 N–H and O–H groups in total. The van der Waals surface area contributed by atoms with Crippen LogP contribution in [0.5, 0.6) is 0 Å². The van der Waals surface area contributed by atoms with Gasteiger partial charge in [0.1, 0.15) is 6.29 Å². The maximum absolute atomic E-state index is 11.9. The fourth-order valence-corrected chi connectivity index (χ4v) is 2.37. The molecule has 0 radical (unpaired) electrons. The van der Waals surface area contributed by atoms with Gasteiger partial charge in [-0.15, -0.1) is 0 Å². The molecule has 0 amide bonds. The molecule has 0 bridgehead atoms. The first-order chi connectivity index (χ1) is 12.3. The number of hydrogen-bond acceptors (Lipinski definition) is 9. The van der Waals surface area contributed by atoms with Crippen LogP contribution in [0.2, 0.25) is 0 Å². The van der Waals surface area contributed by atoms with Crippen molar-refractivity contribution in [1.29, 1.82) is 0 Å². The van der Waals surface area contributed by atoms with Crippen molar-refractivity contribution in [2.75, 3.05) is 0 Å². The molecular formula is C16H22O10. The molecule has 0 aromatic heterocycles. The minimum absolute atomic E-state index is 0.0147. The van der Waals surface area contributed by atoms with Crippen molar-refractivity contribution in [2.24, 2.45) is 0 Å². The largest absolute Gasteiger partial charge is 0.479 e. The first kappa shape index (κ1) is 21.6. The SMILES string of the molecule is O=CCC1(O)CC(=O)OC(C(=O)O)CCCCCCCC(=O)OOC1=O. The predicted octanol–water partition coefficient (Wildman–Crippen LogP) is 0.439. The van der Waals surface area contributed by atoms with E-state index in [1.807, 2.05) is 0 Å². The van der Waals surface area contributed by atoms with Gasteiger partial charge in [-0.2, -0.15) is 0 Å². The van der Waals surface area contributed by atoms with Crippen LogP contribution in [-0.4, -0.2) is 52.1 Å². The molecule has 1 rings (SSSR count). The lowest BCUT2D eigenvalue weighted by atomic mass is 9.96. The summed E-state index contributed by atoms with van der Waals surface area (Å²) in [6.07, 6.45) is 0.0129. The molecule has 0 aromatic carbocycles. The Kier molecular flexibility index (Phi) is 8.70. The van der Waals surface area contributed by atoms with Crippen LogP contribution in [0.4, 0.5) is 0 Å². The van der Waals surface area contributed by atoms with Crippen molar-refractivity contribution in [3.63, 3.8) is 0 Å². The van der Waals surface area contributed by atoms with Gasteiger partial charge in [0.05, 0.1) is 12.8 Å². The molecule has 10 nitrogen and oxygen atoms in total. The van der Waals surface area contributed by atoms with Crippen LogP contribution < -0.4 is 0 Å². The number of cyclic esters (lactones) is 1. The number of ether oxygens (including phenoxy) is 1. The van der Waals surface area contributed by atoms with Gasteiger partial charge in [-0.05, 0) is 19.3 Å². The van der Waals surface area contributed by atoms with Gasteiger partial charge < -0.3 is 19.7 Å². The molecule has 2 atom stereocenters. The average molecular weight is 374 g/mol. The number of esters is 1. The van der Waals surface area contributed by atoms with Crippen LogP contribution >= 0.6 is 0 Å². The monoisotopic (exact) mass is 374 g/mol. The molecule has 10 heteroatoms. The van der Waals surface area contributed by atoms with Crippen LogP contribution in [0.3, 0.4) is 0 Å². The second-order valence-corrected chi connectivity index (χ2v) is 6.03. The molecule has 0 spiro atoms. The smallest absolute Gasteiger partial charge is 0.387 e. The molecule has 1 saturated heterocycles. The van der Waals surface area contributed by atoms with Gasteiger partial charge in [-0.3, -0.25) is 4.79 Å². The zero-order valence-electron chi connectivity index (χ0n) is 14.2. The Morgan fingerprint density at radius 2 is 1.73 bits per heavy atom. The van der Waals surface area contributed by atoms with Crippen molar-refractivity contribution in [1.82, 2.24) is 0 Å². The standard InChI is InChI=1S/C16H22O10/c17-9-8-16(23)10-13(19)24-11(14(20)21)6-4-2-1-3-5-7-12(18)25-26-15(16)22/h9,11,23H,1-8,10H2,(H,20,21). The molecule has 1 aliphatic rings. The summed E-state index contributed by atoms with van der Waals surface area (Å²) in [7, 11) is 0. The Bertz CT molecular complexity index is 543. The third-order valence-corrected chi connectivity index (χ3v) is 3.84. The van der Waals surface area contributed by atoms with Crippen LogP contribution in [0, 0.1) is 0 Å². The minimum atomic E-state index is -2.63. The Balaban J connectivity index is 2.90. The lowest BCUT2D eigenvalue weighted by Crippen LogP contribution is -2.44. The van der Waals surface area contributed by atoms with E-state index in [2.05, 4.69) is 9.78 Å². The molecule has 2 unspecified atom stereocenters. The number of carboxylic acid groups (broad SMARTS) is 1. The van der Waals surface area contributed by atoms with E-state index in [0.717, 1.165) is 6.42 Å². The third kappa shape index (κ3) is 7.18. The summed E-state index contributed by atoms with van der Waals surface area (Å²) >= 11 is 0. The molecule has 1 heterocycles. The third-order valence-electron chi connectivity index (χ3n) is 3.84. The summed E-state index contributed by atoms with van der Waals surface area (Å²) in [5.74, 6) is -4.90. The second-order valence-electron chi connectivity index (χ2n) is 6.03. The van der Waals surface area contributed by atoms with Gasteiger partial charge in [-0.25, -0.2) is 24.2 Å². The quantitative estimate of drug-likeness (QED) is 0.404. The highest BCUT2D eigenvalue weighted by molar-refractivity contribution is 5.88. The number of carbonyl (C=O) groups is 5. The number of carboxylic acids is 1. The van der Waals surface area contributed by atoms with Crippen molar-refractivity contribution >= 4 is 30.2 Å². The van der Waals surface area contributed by atoms with Crippen molar-refractivity contribution in [3.8, 4) is 0 Å². The summed E-state index contributed by atoms with van der Waals surface area (Å²) in [6, 6.07) is 0. The normalized spacial score (nSPS) is 27.0. The van der Waals surface area contributed by atoms with Crippen molar-refractivity contribution in [2.45, 2.75) is 69.5 Å². The Labute approximate surface area is 149 Å². The maximum Gasteiger partial charge on any atom is 0.387 e. The minimum Gasteiger partial charge on any atom is -0.479 e. The van der Waals surface area contributed by atoms with E-state index >= 15 is 0 Å². The zero-order chi connectivity index (χ0) is 19.6. The van der Waals surface area contributed by atoms with Gasteiger partial charge in [0.25, 0.3) is 0 Å². The molecular weight excluding hydrogens is 352 g/mol. The predicted molar refractivity (Wildman–Crippen MR) is 82.3 cm³/mol. The summed E-state index contributed by atoms with van der Waals surface area (Å²) in [6.45, 7) is 0. The first-order valence-corrected chi connectivity index (χ1v) is 8.28. The van der Waals surface area contributed by atoms with E-state index in [0.29, 0.717) is 25.7 Å². The number of carbonyl (C=O) groups excluding carboxylic acids is 4. The summed E-state index contributed by atoms with van der Waals surface area (Å²) < 4.78 is 4.79. The first-order valence-electron chi connectivity index (χ1n) is 8.28. The Morgan fingerprint density at radius 3 is 2.38 bits per heavy atom. The maximum atomic E-state index is 11.9. The number of rotatable bonds is 3. The van der Waals surface area contributed by atoms with Gasteiger partial charge in [0.15, 0.2) is 11.7 Å². The highest BCUT2D eigenvalue weighted by Crippen LogP contribution is 2.20. The molecule has 146 valence electrons. The van der Waals surface area contributed by atoms with E-state index < -0.39 is 48.4 Å². The van der Waals surface area contributed by atoms with Crippen LogP contribution in [-0.2, 0) is 38.5 Å². The molecule has 0 aromatic rings. The molecule has 1 fully saturated rings. The second kappa shape index (κ2) is 10.5. The van der Waals surface area contributed by atoms with Crippen LogP contribution in [0.25, 0.3) is 0 Å². The van der Waals surface area contributed by atoms with E-state index in [-0.39, 0.29) is 19.1 Å². The highest BCUT2D eigenvalue weighted by atomic mass is 17.2. The van der Waals surface area contributed by atoms with Gasteiger partial charge >= 0.3 is 23.9 Å². The zero-order valence-corrected chi connectivity index (χ0v) is 14.2. The van der Waals surface area contributed by atoms with E-state index in [9.17, 15) is 29.1 Å². The lowest BCUT2D eigenvalue weighted by Gasteiger charge is -2.22.